The molecule has 94 valence electrons. The summed E-state index contributed by atoms with van der Waals surface area (Å²) in [6.07, 6.45) is 3.86. The lowest BCUT2D eigenvalue weighted by atomic mass is 10.2. The van der Waals surface area contributed by atoms with Crippen molar-refractivity contribution in [3.05, 3.63) is 28.8 Å². The van der Waals surface area contributed by atoms with E-state index >= 15 is 0 Å². The molecule has 2 rings (SSSR count). The Morgan fingerprint density at radius 2 is 2.24 bits per heavy atom. The number of rotatable bonds is 4. The molecule has 0 bridgehead atoms. The minimum atomic E-state index is 0.284. The molecule has 1 saturated carbocycles. The Balaban J connectivity index is 2.06. The first-order chi connectivity index (χ1) is 8.20. The molecule has 0 heterocycles. The van der Waals surface area contributed by atoms with Gasteiger partial charge in [-0.25, -0.2) is 0 Å². The lowest BCUT2D eigenvalue weighted by Gasteiger charge is -2.23. The van der Waals surface area contributed by atoms with Crippen LogP contribution in [0.5, 0.6) is 5.75 Å². The topological polar surface area (TPSA) is 21.3 Å². The predicted octanol–water partition coefficient (Wildman–Crippen LogP) is 3.56. The number of aryl methyl sites for hydroxylation is 1. The number of hydrogen-bond donors (Lipinski definition) is 1. The van der Waals surface area contributed by atoms with Crippen LogP contribution in [0.3, 0.4) is 0 Å². The zero-order valence-electron chi connectivity index (χ0n) is 10.5. The number of halogens is 1. The third kappa shape index (κ3) is 3.14. The summed E-state index contributed by atoms with van der Waals surface area (Å²) in [6.45, 7) is 5.20. The highest BCUT2D eigenvalue weighted by Crippen LogP contribution is 2.28. The maximum absolute atomic E-state index is 6.11. The van der Waals surface area contributed by atoms with Crippen LogP contribution in [-0.2, 0) is 0 Å². The SMILES string of the molecule is CCNC1CCCC1Oc1cc(Cl)ccc1C. The van der Waals surface area contributed by atoms with Gasteiger partial charge in [-0.15, -0.1) is 0 Å². The van der Waals surface area contributed by atoms with Gasteiger partial charge in [0.1, 0.15) is 11.9 Å². The molecule has 0 saturated heterocycles. The quantitative estimate of drug-likeness (QED) is 0.886. The van der Waals surface area contributed by atoms with E-state index in [4.69, 9.17) is 16.3 Å². The number of ether oxygens (including phenoxy) is 1. The van der Waals surface area contributed by atoms with E-state index in [1.54, 1.807) is 0 Å². The second-order valence-corrected chi connectivity index (χ2v) is 5.10. The first-order valence-electron chi connectivity index (χ1n) is 6.37. The summed E-state index contributed by atoms with van der Waals surface area (Å²) >= 11 is 6.00. The van der Waals surface area contributed by atoms with E-state index in [1.165, 1.54) is 12.8 Å². The van der Waals surface area contributed by atoms with Crippen molar-refractivity contribution >= 4 is 11.6 Å². The van der Waals surface area contributed by atoms with Crippen LogP contribution in [0.4, 0.5) is 0 Å². The summed E-state index contributed by atoms with van der Waals surface area (Å²) in [7, 11) is 0. The fraction of sp³-hybridized carbons (Fsp3) is 0.571. The molecular formula is C14H20ClNO. The Labute approximate surface area is 108 Å². The van der Waals surface area contributed by atoms with E-state index in [0.29, 0.717) is 6.04 Å². The molecule has 0 amide bonds. The maximum Gasteiger partial charge on any atom is 0.124 e. The van der Waals surface area contributed by atoms with Gasteiger partial charge >= 0.3 is 0 Å². The highest BCUT2D eigenvalue weighted by molar-refractivity contribution is 6.30. The van der Waals surface area contributed by atoms with Gasteiger partial charge in [-0.1, -0.05) is 24.6 Å². The van der Waals surface area contributed by atoms with E-state index in [0.717, 1.165) is 29.3 Å². The van der Waals surface area contributed by atoms with E-state index in [9.17, 15) is 0 Å². The first-order valence-corrected chi connectivity index (χ1v) is 6.74. The van der Waals surface area contributed by atoms with E-state index in [2.05, 4.69) is 19.2 Å². The molecule has 1 aliphatic carbocycles. The molecule has 0 aliphatic heterocycles. The highest BCUT2D eigenvalue weighted by atomic mass is 35.5. The Hall–Kier alpha value is -0.730. The summed E-state index contributed by atoms with van der Waals surface area (Å²) in [6, 6.07) is 6.31. The average molecular weight is 254 g/mol. The molecule has 2 atom stereocenters. The molecule has 1 fully saturated rings. The number of likely N-dealkylation sites (N-methyl/N-ethyl adjacent to an activating group) is 1. The zero-order valence-corrected chi connectivity index (χ0v) is 11.3. The van der Waals surface area contributed by atoms with Gasteiger partial charge < -0.3 is 10.1 Å². The Morgan fingerprint density at radius 3 is 3.00 bits per heavy atom. The van der Waals surface area contributed by atoms with Crippen molar-refractivity contribution in [2.24, 2.45) is 0 Å². The van der Waals surface area contributed by atoms with E-state index in [1.807, 2.05) is 18.2 Å². The van der Waals surface area contributed by atoms with E-state index in [-0.39, 0.29) is 6.10 Å². The molecule has 2 nitrogen and oxygen atoms in total. The summed E-state index contributed by atoms with van der Waals surface area (Å²) in [4.78, 5) is 0. The second-order valence-electron chi connectivity index (χ2n) is 4.66. The molecule has 1 aromatic rings. The highest BCUT2D eigenvalue weighted by Gasteiger charge is 2.28. The molecule has 1 aliphatic rings. The van der Waals surface area contributed by atoms with Crippen molar-refractivity contribution in [1.29, 1.82) is 0 Å². The summed E-state index contributed by atoms with van der Waals surface area (Å²) < 4.78 is 6.11. The molecule has 1 aromatic carbocycles. The van der Waals surface area contributed by atoms with Crippen LogP contribution in [0.2, 0.25) is 5.02 Å². The average Bonchev–Trinajstić information content (AvgIpc) is 2.72. The van der Waals surface area contributed by atoms with Crippen LogP contribution in [0.1, 0.15) is 31.7 Å². The monoisotopic (exact) mass is 253 g/mol. The molecule has 0 aromatic heterocycles. The molecule has 1 N–H and O–H groups in total. The Kier molecular flexibility index (Phi) is 4.30. The van der Waals surface area contributed by atoms with Gasteiger partial charge in [0.2, 0.25) is 0 Å². The fourth-order valence-corrected chi connectivity index (χ4v) is 2.59. The molecular weight excluding hydrogens is 234 g/mol. The molecule has 17 heavy (non-hydrogen) atoms. The first kappa shape index (κ1) is 12.7. The minimum absolute atomic E-state index is 0.284. The number of nitrogens with one attached hydrogen (secondary N) is 1. The van der Waals surface area contributed by atoms with Crippen molar-refractivity contribution in [3.63, 3.8) is 0 Å². The van der Waals surface area contributed by atoms with E-state index < -0.39 is 0 Å². The van der Waals surface area contributed by atoms with Crippen molar-refractivity contribution in [2.75, 3.05) is 6.54 Å². The summed E-state index contributed by atoms with van der Waals surface area (Å²) in [5.41, 5.74) is 1.15. The summed E-state index contributed by atoms with van der Waals surface area (Å²) in [5.74, 6) is 0.923. The molecule has 0 spiro atoms. The van der Waals surface area contributed by atoms with Crippen molar-refractivity contribution in [2.45, 2.75) is 45.3 Å². The van der Waals surface area contributed by atoms with Crippen LogP contribution in [0.25, 0.3) is 0 Å². The predicted molar refractivity (Wildman–Crippen MR) is 71.9 cm³/mol. The lowest BCUT2D eigenvalue weighted by molar-refractivity contribution is 0.174. The van der Waals surface area contributed by atoms with Crippen molar-refractivity contribution in [3.8, 4) is 5.75 Å². The second kappa shape index (κ2) is 5.74. The van der Waals surface area contributed by atoms with Gasteiger partial charge in [-0.2, -0.15) is 0 Å². The van der Waals surface area contributed by atoms with Crippen LogP contribution in [0, 0.1) is 6.92 Å². The largest absolute Gasteiger partial charge is 0.488 e. The van der Waals surface area contributed by atoms with Gasteiger partial charge in [0, 0.05) is 11.1 Å². The number of benzene rings is 1. The van der Waals surface area contributed by atoms with Crippen LogP contribution < -0.4 is 10.1 Å². The third-order valence-electron chi connectivity index (χ3n) is 3.35. The van der Waals surface area contributed by atoms with Crippen LogP contribution in [0.15, 0.2) is 18.2 Å². The zero-order chi connectivity index (χ0) is 12.3. The standard InChI is InChI=1S/C14H20ClNO/c1-3-16-12-5-4-6-13(12)17-14-9-11(15)8-7-10(14)2/h7-9,12-13,16H,3-6H2,1-2H3. The van der Waals surface area contributed by atoms with Gasteiger partial charge in [0.15, 0.2) is 0 Å². The Morgan fingerprint density at radius 1 is 1.41 bits per heavy atom. The summed E-state index contributed by atoms with van der Waals surface area (Å²) in [5, 5.41) is 4.23. The third-order valence-corrected chi connectivity index (χ3v) is 3.58. The van der Waals surface area contributed by atoms with Crippen LogP contribution in [-0.4, -0.2) is 18.7 Å². The Bertz CT molecular complexity index is 380. The van der Waals surface area contributed by atoms with Gasteiger partial charge in [0.25, 0.3) is 0 Å². The molecule has 2 unspecified atom stereocenters. The van der Waals surface area contributed by atoms with Gasteiger partial charge in [0.05, 0.1) is 0 Å². The van der Waals surface area contributed by atoms with Crippen molar-refractivity contribution in [1.82, 2.24) is 5.32 Å². The smallest absolute Gasteiger partial charge is 0.124 e. The van der Waals surface area contributed by atoms with Crippen LogP contribution >= 0.6 is 11.6 Å². The van der Waals surface area contributed by atoms with Crippen molar-refractivity contribution < 1.29 is 4.74 Å². The normalized spacial score (nSPS) is 23.9. The lowest BCUT2D eigenvalue weighted by Crippen LogP contribution is -2.38. The maximum atomic E-state index is 6.11. The van der Waals surface area contributed by atoms with Gasteiger partial charge in [-0.3, -0.25) is 0 Å². The number of hydrogen-bond acceptors (Lipinski definition) is 2. The molecule has 3 heteroatoms. The molecule has 0 radical (unpaired) electrons. The fourth-order valence-electron chi connectivity index (χ4n) is 2.43. The minimum Gasteiger partial charge on any atom is -0.488 e. The van der Waals surface area contributed by atoms with Gasteiger partial charge in [-0.05, 0) is 50.4 Å².